The minimum atomic E-state index is -4.58. The van der Waals surface area contributed by atoms with Gasteiger partial charge < -0.3 is 10.1 Å². The number of para-hydroxylation sites is 1. The maximum Gasteiger partial charge on any atom is 0.504 e. The van der Waals surface area contributed by atoms with Crippen LogP contribution in [0.5, 0.6) is 5.75 Å². The van der Waals surface area contributed by atoms with Crippen LogP contribution in [0.3, 0.4) is 0 Å². The molecule has 2 aromatic carbocycles. The highest BCUT2D eigenvalue weighted by molar-refractivity contribution is 5.97. The van der Waals surface area contributed by atoms with E-state index in [2.05, 4.69) is 21.1 Å². The SMILES string of the molecule is N#C[C@H]1CC[N+](=C2COc3ccccc3[C@@H]2Nc2cccc3nn(C(F)(F)F)cc23)C1. The zero-order chi connectivity index (χ0) is 21.6. The molecule has 0 unspecified atom stereocenters. The van der Waals surface area contributed by atoms with Crippen molar-refractivity contribution < 1.29 is 22.5 Å². The molecule has 2 aliphatic rings. The molecule has 31 heavy (non-hydrogen) atoms. The van der Waals surface area contributed by atoms with Crippen molar-refractivity contribution in [1.82, 2.24) is 9.78 Å². The van der Waals surface area contributed by atoms with Gasteiger partial charge in [0.25, 0.3) is 0 Å². The molecule has 3 aromatic rings. The number of ether oxygens (including phenoxy) is 1. The summed E-state index contributed by atoms with van der Waals surface area (Å²) in [4.78, 5) is 0. The Morgan fingerprint density at radius 3 is 2.81 bits per heavy atom. The Morgan fingerprint density at radius 1 is 1.19 bits per heavy atom. The number of rotatable bonds is 2. The van der Waals surface area contributed by atoms with Crippen LogP contribution in [0.2, 0.25) is 0 Å². The maximum absolute atomic E-state index is 13.2. The first kappa shape index (κ1) is 19.4. The van der Waals surface area contributed by atoms with Gasteiger partial charge in [-0.1, -0.05) is 24.3 Å². The van der Waals surface area contributed by atoms with E-state index in [4.69, 9.17) is 4.74 Å². The normalized spacial score (nSPS) is 23.3. The number of aromatic nitrogens is 2. The smallest absolute Gasteiger partial charge is 0.483 e. The molecular formula is C22H19F3N5O+. The van der Waals surface area contributed by atoms with Crippen LogP contribution in [0.25, 0.3) is 10.9 Å². The summed E-state index contributed by atoms with van der Waals surface area (Å²) in [5, 5.41) is 16.8. The predicted octanol–water partition coefficient (Wildman–Crippen LogP) is 4.06. The second kappa shape index (κ2) is 7.30. The highest BCUT2D eigenvalue weighted by Crippen LogP contribution is 2.36. The number of hydrogen-bond acceptors (Lipinski definition) is 4. The number of nitrogens with one attached hydrogen (secondary N) is 1. The van der Waals surface area contributed by atoms with Crippen molar-refractivity contribution in [2.45, 2.75) is 18.8 Å². The van der Waals surface area contributed by atoms with Crippen molar-refractivity contribution in [3.05, 3.63) is 54.2 Å². The summed E-state index contributed by atoms with van der Waals surface area (Å²) in [7, 11) is 0. The zero-order valence-electron chi connectivity index (χ0n) is 16.4. The van der Waals surface area contributed by atoms with Gasteiger partial charge in [-0.25, -0.2) is 4.58 Å². The molecule has 0 aliphatic carbocycles. The van der Waals surface area contributed by atoms with Crippen LogP contribution in [0.15, 0.2) is 48.7 Å². The Hall–Kier alpha value is -3.54. The van der Waals surface area contributed by atoms with E-state index < -0.39 is 6.30 Å². The van der Waals surface area contributed by atoms with Gasteiger partial charge in [0.1, 0.15) is 24.3 Å². The molecule has 158 valence electrons. The highest BCUT2D eigenvalue weighted by Gasteiger charge is 2.38. The van der Waals surface area contributed by atoms with Gasteiger partial charge in [0.05, 0.1) is 11.6 Å². The van der Waals surface area contributed by atoms with E-state index in [9.17, 15) is 18.4 Å². The lowest BCUT2D eigenvalue weighted by atomic mass is 9.97. The largest absolute Gasteiger partial charge is 0.504 e. The van der Waals surface area contributed by atoms with E-state index in [0.29, 0.717) is 24.2 Å². The Balaban J connectivity index is 1.59. The number of anilines is 1. The Kier molecular flexibility index (Phi) is 4.58. The molecule has 9 heteroatoms. The van der Waals surface area contributed by atoms with Crippen LogP contribution in [-0.4, -0.2) is 39.8 Å². The molecule has 1 N–H and O–H groups in total. The molecule has 0 amide bonds. The Labute approximate surface area is 176 Å². The molecule has 1 aromatic heterocycles. The first-order valence-corrected chi connectivity index (χ1v) is 9.98. The van der Waals surface area contributed by atoms with Crippen molar-refractivity contribution >= 4 is 22.3 Å². The lowest BCUT2D eigenvalue weighted by Gasteiger charge is -2.27. The van der Waals surface area contributed by atoms with E-state index in [1.807, 2.05) is 24.3 Å². The molecule has 0 spiro atoms. The number of nitrogens with zero attached hydrogens (tertiary/aromatic N) is 4. The van der Waals surface area contributed by atoms with E-state index in [1.165, 1.54) is 0 Å². The van der Waals surface area contributed by atoms with E-state index in [1.54, 1.807) is 18.2 Å². The molecule has 0 saturated carbocycles. The average Bonchev–Trinajstić information content (AvgIpc) is 3.41. The monoisotopic (exact) mass is 426 g/mol. The van der Waals surface area contributed by atoms with Crippen molar-refractivity contribution in [3.63, 3.8) is 0 Å². The third-order valence-electron chi connectivity index (χ3n) is 5.83. The molecule has 0 radical (unpaired) electrons. The molecule has 1 fully saturated rings. The van der Waals surface area contributed by atoms with Crippen LogP contribution >= 0.6 is 0 Å². The first-order chi connectivity index (χ1) is 14.9. The third kappa shape index (κ3) is 3.48. The molecule has 0 bridgehead atoms. The van der Waals surface area contributed by atoms with Gasteiger partial charge in [0.2, 0.25) is 5.71 Å². The van der Waals surface area contributed by atoms with Crippen molar-refractivity contribution in [2.75, 3.05) is 25.0 Å². The van der Waals surface area contributed by atoms with Gasteiger partial charge in [-0.05, 0) is 18.2 Å². The molecular weight excluding hydrogens is 407 g/mol. The second-order valence-electron chi connectivity index (χ2n) is 7.74. The predicted molar refractivity (Wildman–Crippen MR) is 108 cm³/mol. The fourth-order valence-electron chi connectivity index (χ4n) is 4.28. The molecule has 5 rings (SSSR count). The minimum absolute atomic E-state index is 0.0311. The second-order valence-corrected chi connectivity index (χ2v) is 7.74. The lowest BCUT2D eigenvalue weighted by molar-refractivity contribution is -0.511. The summed E-state index contributed by atoms with van der Waals surface area (Å²) in [6, 6.07) is 14.7. The summed E-state index contributed by atoms with van der Waals surface area (Å²) < 4.78 is 47.7. The fourth-order valence-corrected chi connectivity index (χ4v) is 4.28. The van der Waals surface area contributed by atoms with Crippen molar-refractivity contribution in [1.29, 1.82) is 5.26 Å². The number of benzene rings is 2. The third-order valence-corrected chi connectivity index (χ3v) is 5.83. The van der Waals surface area contributed by atoms with Gasteiger partial charge in [-0.15, -0.1) is 13.2 Å². The summed E-state index contributed by atoms with van der Waals surface area (Å²) in [5.41, 5.74) is 2.69. The van der Waals surface area contributed by atoms with Gasteiger partial charge >= 0.3 is 6.30 Å². The van der Waals surface area contributed by atoms with Gasteiger partial charge in [0.15, 0.2) is 13.2 Å². The number of nitriles is 1. The number of fused-ring (bicyclic) bond motifs is 2. The topological polar surface area (TPSA) is 65.9 Å². The molecule has 1 saturated heterocycles. The van der Waals surface area contributed by atoms with Crippen LogP contribution in [0.1, 0.15) is 18.0 Å². The molecule has 6 nitrogen and oxygen atoms in total. The zero-order valence-corrected chi connectivity index (χ0v) is 16.4. The van der Waals surface area contributed by atoms with Crippen LogP contribution in [0.4, 0.5) is 18.9 Å². The van der Waals surface area contributed by atoms with Crippen LogP contribution in [0, 0.1) is 17.2 Å². The van der Waals surface area contributed by atoms with Crippen molar-refractivity contribution in [3.8, 4) is 11.8 Å². The van der Waals surface area contributed by atoms with E-state index in [-0.39, 0.29) is 22.2 Å². The molecule has 2 atom stereocenters. The summed E-state index contributed by atoms with van der Waals surface area (Å²) in [5.74, 6) is 0.691. The fraction of sp³-hybridized carbons (Fsp3) is 0.318. The van der Waals surface area contributed by atoms with Gasteiger partial charge in [0, 0.05) is 29.3 Å². The summed E-state index contributed by atoms with van der Waals surface area (Å²) in [6.45, 7) is 1.71. The molecule has 2 aliphatic heterocycles. The average molecular weight is 426 g/mol. The number of hydrogen-bond donors (Lipinski definition) is 1. The number of alkyl halides is 3. The van der Waals surface area contributed by atoms with Gasteiger partial charge in [-0.2, -0.15) is 15.0 Å². The summed E-state index contributed by atoms with van der Waals surface area (Å²) in [6.07, 6.45) is -2.80. The minimum Gasteiger partial charge on any atom is -0.483 e. The molecule has 3 heterocycles. The van der Waals surface area contributed by atoms with Gasteiger partial charge in [-0.3, -0.25) is 0 Å². The summed E-state index contributed by atoms with van der Waals surface area (Å²) >= 11 is 0. The van der Waals surface area contributed by atoms with E-state index >= 15 is 0 Å². The first-order valence-electron chi connectivity index (χ1n) is 9.98. The van der Waals surface area contributed by atoms with Crippen LogP contribution < -0.4 is 10.1 Å². The van der Waals surface area contributed by atoms with Crippen molar-refractivity contribution in [2.24, 2.45) is 5.92 Å². The van der Waals surface area contributed by atoms with E-state index in [0.717, 1.165) is 36.2 Å². The quantitative estimate of drug-likeness (QED) is 0.628. The standard InChI is InChI=1S/C22H19F3N5O/c23-22(24,25)30-12-16-17(5-3-6-18(16)28-30)27-21-15-4-1-2-7-20(15)31-13-19(21)29-9-8-14(10-26)11-29/h1-7,12,14,21,27H,8-9,11,13H2/q+1/t14-,21+/m1/s1. The Morgan fingerprint density at radius 2 is 2.03 bits per heavy atom. The number of halogens is 3. The maximum atomic E-state index is 13.2. The Bertz CT molecular complexity index is 1220. The van der Waals surface area contributed by atoms with Crippen LogP contribution in [-0.2, 0) is 6.30 Å². The lowest BCUT2D eigenvalue weighted by Crippen LogP contribution is -2.38. The highest BCUT2D eigenvalue weighted by atomic mass is 19.4.